The quantitative estimate of drug-likeness (QED) is 0.447. The molecular weight excluding hydrogens is 506 g/mol. The zero-order valence-corrected chi connectivity index (χ0v) is 23.4. The van der Waals surface area contributed by atoms with Crippen LogP contribution in [0.15, 0.2) is 51.6 Å². The van der Waals surface area contributed by atoms with Gasteiger partial charge in [-0.05, 0) is 63.6 Å². The van der Waals surface area contributed by atoms with Crippen molar-refractivity contribution in [2.45, 2.75) is 59.1 Å². The third-order valence-corrected chi connectivity index (χ3v) is 7.61. The normalized spacial score (nSPS) is 21.1. The van der Waals surface area contributed by atoms with E-state index in [0.717, 1.165) is 24.1 Å². The molecule has 2 atom stereocenters. The van der Waals surface area contributed by atoms with Crippen LogP contribution in [0.25, 0.3) is 0 Å². The van der Waals surface area contributed by atoms with Gasteiger partial charge in [0, 0.05) is 18.8 Å². The summed E-state index contributed by atoms with van der Waals surface area (Å²) >= 11 is 1.43. The van der Waals surface area contributed by atoms with Gasteiger partial charge in [0.25, 0.3) is 0 Å². The Kier molecular flexibility index (Phi) is 8.81. The number of esters is 2. The molecule has 1 amide bonds. The molecule has 3 aliphatic rings. The maximum absolute atomic E-state index is 13.4. The molecule has 3 heterocycles. The Labute approximate surface area is 227 Å². The SMILES string of the molecule is CCOC(=O)[C@H]1CCCN(C(=O)CC2=CSC3=NC(C)=C(C(=O)OC(C)C)[C@@H](c4ccc(OC)cc4)N23)C1. The number of benzene rings is 1. The fourth-order valence-electron chi connectivity index (χ4n) is 4.93. The van der Waals surface area contributed by atoms with Crippen molar-refractivity contribution in [3.05, 3.63) is 52.2 Å². The Balaban J connectivity index is 1.61. The van der Waals surface area contributed by atoms with E-state index in [0.29, 0.717) is 41.9 Å². The summed E-state index contributed by atoms with van der Waals surface area (Å²) in [6, 6.07) is 7.02. The predicted molar refractivity (Wildman–Crippen MR) is 145 cm³/mol. The van der Waals surface area contributed by atoms with Crippen LogP contribution in [-0.4, -0.2) is 65.7 Å². The molecule has 0 aliphatic carbocycles. The third kappa shape index (κ3) is 5.90. The number of carbonyl (C=O) groups excluding carboxylic acids is 3. The van der Waals surface area contributed by atoms with Gasteiger partial charge in [-0.3, -0.25) is 9.59 Å². The van der Waals surface area contributed by atoms with Crippen molar-refractivity contribution < 1.29 is 28.6 Å². The summed E-state index contributed by atoms with van der Waals surface area (Å²) in [6.45, 7) is 8.49. The summed E-state index contributed by atoms with van der Waals surface area (Å²) in [5.41, 5.74) is 2.63. The number of ether oxygens (including phenoxy) is 3. The Bertz CT molecular complexity index is 1170. The molecule has 1 fully saturated rings. The molecule has 38 heavy (non-hydrogen) atoms. The maximum Gasteiger partial charge on any atom is 0.338 e. The second-order valence-electron chi connectivity index (χ2n) is 9.73. The standard InChI is InChI=1S/C28H35N3O6S/c1-6-36-26(33)20-8-7-13-30(15-20)23(32)14-21-16-38-28-29-18(4)24(27(34)37-17(2)3)25(31(21)28)19-9-11-22(35-5)12-10-19/h9-12,16-17,20,25H,6-8,13-15H2,1-5H3/t20-,25+/m0/s1. The lowest BCUT2D eigenvalue weighted by molar-refractivity contribution is -0.151. The Morgan fingerprint density at radius 3 is 2.58 bits per heavy atom. The third-order valence-electron chi connectivity index (χ3n) is 6.72. The molecular formula is C28H35N3O6S. The highest BCUT2D eigenvalue weighted by Gasteiger charge is 2.42. The second-order valence-corrected chi connectivity index (χ2v) is 10.6. The molecule has 0 radical (unpaired) electrons. The fraction of sp³-hybridized carbons (Fsp3) is 0.500. The number of methoxy groups -OCH3 is 1. The van der Waals surface area contributed by atoms with Gasteiger partial charge >= 0.3 is 11.9 Å². The van der Waals surface area contributed by atoms with Crippen molar-refractivity contribution in [2.75, 3.05) is 26.8 Å². The summed E-state index contributed by atoms with van der Waals surface area (Å²) in [7, 11) is 1.60. The fourth-order valence-corrected chi connectivity index (χ4v) is 5.90. The van der Waals surface area contributed by atoms with E-state index in [2.05, 4.69) is 0 Å². The molecule has 204 valence electrons. The number of nitrogens with zero attached hydrogens (tertiary/aromatic N) is 3. The molecule has 0 aromatic heterocycles. The number of thioether (sulfide) groups is 1. The van der Waals surface area contributed by atoms with Crippen LogP contribution in [-0.2, 0) is 23.9 Å². The first-order chi connectivity index (χ1) is 18.2. The monoisotopic (exact) mass is 541 g/mol. The lowest BCUT2D eigenvalue weighted by Crippen LogP contribution is -2.44. The zero-order valence-electron chi connectivity index (χ0n) is 22.6. The number of hydrogen-bond donors (Lipinski definition) is 0. The van der Waals surface area contributed by atoms with Crippen LogP contribution < -0.4 is 4.74 Å². The van der Waals surface area contributed by atoms with Crippen molar-refractivity contribution in [2.24, 2.45) is 10.9 Å². The molecule has 4 rings (SSSR count). The molecule has 1 aromatic rings. The van der Waals surface area contributed by atoms with Gasteiger partial charge in [0.2, 0.25) is 5.91 Å². The lowest BCUT2D eigenvalue weighted by atomic mass is 9.93. The Morgan fingerprint density at radius 1 is 1.18 bits per heavy atom. The van der Waals surface area contributed by atoms with Crippen LogP contribution >= 0.6 is 11.8 Å². The molecule has 0 saturated carbocycles. The van der Waals surface area contributed by atoms with Gasteiger partial charge < -0.3 is 24.0 Å². The minimum atomic E-state index is -0.512. The minimum absolute atomic E-state index is 0.0711. The summed E-state index contributed by atoms with van der Waals surface area (Å²) in [5.74, 6) is -0.357. The van der Waals surface area contributed by atoms with Gasteiger partial charge in [-0.15, -0.1) is 0 Å². The highest BCUT2D eigenvalue weighted by atomic mass is 32.2. The van der Waals surface area contributed by atoms with E-state index in [-0.39, 0.29) is 30.3 Å². The predicted octanol–water partition coefficient (Wildman–Crippen LogP) is 4.41. The van der Waals surface area contributed by atoms with E-state index in [4.69, 9.17) is 19.2 Å². The smallest absolute Gasteiger partial charge is 0.338 e. The molecule has 1 saturated heterocycles. The number of amides is 1. The van der Waals surface area contributed by atoms with Crippen molar-refractivity contribution in [1.29, 1.82) is 0 Å². The number of carbonyl (C=O) groups is 3. The van der Waals surface area contributed by atoms with Gasteiger partial charge in [0.05, 0.1) is 49.5 Å². The minimum Gasteiger partial charge on any atom is -0.497 e. The Morgan fingerprint density at radius 2 is 1.92 bits per heavy atom. The van der Waals surface area contributed by atoms with Crippen molar-refractivity contribution in [3.8, 4) is 5.75 Å². The number of hydrogen-bond acceptors (Lipinski definition) is 9. The molecule has 9 nitrogen and oxygen atoms in total. The number of aliphatic imine (C=N–C) groups is 1. The average molecular weight is 542 g/mol. The maximum atomic E-state index is 13.4. The first-order valence-corrected chi connectivity index (χ1v) is 13.8. The second kappa shape index (κ2) is 12.1. The summed E-state index contributed by atoms with van der Waals surface area (Å²) < 4.78 is 16.1. The van der Waals surface area contributed by atoms with Crippen LogP contribution in [0.5, 0.6) is 5.75 Å². The van der Waals surface area contributed by atoms with Crippen LogP contribution in [0.1, 0.15) is 58.6 Å². The van der Waals surface area contributed by atoms with Crippen LogP contribution in [0.4, 0.5) is 0 Å². The topological polar surface area (TPSA) is 97.7 Å². The van der Waals surface area contributed by atoms with Crippen molar-refractivity contribution >= 4 is 34.8 Å². The highest BCUT2D eigenvalue weighted by molar-refractivity contribution is 8.16. The first kappa shape index (κ1) is 27.8. The number of amidine groups is 1. The lowest BCUT2D eigenvalue weighted by Gasteiger charge is -2.37. The summed E-state index contributed by atoms with van der Waals surface area (Å²) in [4.78, 5) is 47.4. The van der Waals surface area contributed by atoms with Crippen LogP contribution in [0.2, 0.25) is 0 Å². The molecule has 0 unspecified atom stereocenters. The van der Waals surface area contributed by atoms with E-state index < -0.39 is 12.0 Å². The van der Waals surface area contributed by atoms with Crippen molar-refractivity contribution in [1.82, 2.24) is 9.80 Å². The van der Waals surface area contributed by atoms with E-state index in [1.54, 1.807) is 18.9 Å². The van der Waals surface area contributed by atoms with E-state index >= 15 is 0 Å². The summed E-state index contributed by atoms with van der Waals surface area (Å²) in [6.07, 6.45) is 1.30. The molecule has 0 bridgehead atoms. The number of piperidine rings is 1. The van der Waals surface area contributed by atoms with Crippen LogP contribution in [0, 0.1) is 5.92 Å². The van der Waals surface area contributed by atoms with Gasteiger partial charge in [-0.1, -0.05) is 23.9 Å². The van der Waals surface area contributed by atoms with E-state index in [1.165, 1.54) is 11.8 Å². The van der Waals surface area contributed by atoms with Gasteiger partial charge in [0.15, 0.2) is 5.17 Å². The number of fused-ring (bicyclic) bond motifs is 1. The van der Waals surface area contributed by atoms with E-state index in [9.17, 15) is 14.4 Å². The zero-order chi connectivity index (χ0) is 27.4. The van der Waals surface area contributed by atoms with Gasteiger partial charge in [-0.2, -0.15) is 0 Å². The average Bonchev–Trinajstić information content (AvgIpc) is 3.29. The first-order valence-electron chi connectivity index (χ1n) is 13.0. The van der Waals surface area contributed by atoms with Crippen molar-refractivity contribution in [3.63, 3.8) is 0 Å². The molecule has 0 spiro atoms. The number of likely N-dealkylation sites (tertiary alicyclic amines) is 1. The van der Waals surface area contributed by atoms with Gasteiger partial charge in [0.1, 0.15) is 5.75 Å². The highest BCUT2D eigenvalue weighted by Crippen LogP contribution is 2.45. The molecule has 3 aliphatic heterocycles. The molecule has 1 aromatic carbocycles. The molecule has 0 N–H and O–H groups in total. The molecule has 10 heteroatoms. The number of allylic oxidation sites excluding steroid dienone is 1. The Hall–Kier alpha value is -3.27. The van der Waals surface area contributed by atoms with Crippen LogP contribution in [0.3, 0.4) is 0 Å². The number of rotatable bonds is 8. The van der Waals surface area contributed by atoms with E-state index in [1.807, 2.05) is 55.3 Å². The van der Waals surface area contributed by atoms with Gasteiger partial charge in [-0.25, -0.2) is 9.79 Å². The summed E-state index contributed by atoms with van der Waals surface area (Å²) in [5, 5.41) is 2.62. The largest absolute Gasteiger partial charge is 0.497 e.